The zero-order valence-corrected chi connectivity index (χ0v) is 18.5. The number of halogens is 7. The second-order valence-corrected chi connectivity index (χ2v) is 6.92. The summed E-state index contributed by atoms with van der Waals surface area (Å²) in [7, 11) is 4.94. The molecule has 17 heteroatoms. The largest absolute Gasteiger partial charge is 0.441 e. The molecule has 0 fully saturated rings. The number of hydrogen-bond donors (Lipinski definition) is 2. The van der Waals surface area contributed by atoms with Crippen molar-refractivity contribution in [2.45, 2.75) is 10.4 Å². The summed E-state index contributed by atoms with van der Waals surface area (Å²) >= 11 is 0.378. The standard InChI is InChI=1S/C7H8F3N3O2.C6H9N3O2.CF3I/c1-12-4(11)3(7(8,9)10)5(14)13(2)6(12)15;1-8-4(7)3-5(10)9(2)6(8)11;2-1(3,4)5/h11H2,1-2H3;3H,7H2,1-2H3;. The molecule has 0 aliphatic rings. The summed E-state index contributed by atoms with van der Waals surface area (Å²) < 4.78 is 67.3. The molecule has 0 aliphatic heterocycles. The van der Waals surface area contributed by atoms with Crippen LogP contribution < -0.4 is 34.0 Å². The van der Waals surface area contributed by atoms with E-state index in [1.807, 2.05) is 0 Å². The zero-order chi connectivity index (χ0) is 25.1. The van der Waals surface area contributed by atoms with Gasteiger partial charge in [-0.3, -0.25) is 27.9 Å². The van der Waals surface area contributed by atoms with Gasteiger partial charge in [-0.15, -0.1) is 0 Å². The summed E-state index contributed by atoms with van der Waals surface area (Å²) in [5.74, 6) is -0.700. The first-order chi connectivity index (χ1) is 13.7. The molecular weight excluding hydrogens is 557 g/mol. The van der Waals surface area contributed by atoms with Crippen LogP contribution in [0.15, 0.2) is 25.2 Å². The van der Waals surface area contributed by atoms with Crippen molar-refractivity contribution >= 4 is 34.2 Å². The van der Waals surface area contributed by atoms with E-state index in [2.05, 4.69) is 0 Å². The normalized spacial score (nSPS) is 11.2. The molecule has 0 saturated carbocycles. The van der Waals surface area contributed by atoms with Crippen LogP contribution in [-0.4, -0.2) is 22.5 Å². The maximum atomic E-state index is 12.4. The van der Waals surface area contributed by atoms with Gasteiger partial charge >= 0.3 is 21.7 Å². The summed E-state index contributed by atoms with van der Waals surface area (Å²) in [5.41, 5.74) is 5.76. The summed E-state index contributed by atoms with van der Waals surface area (Å²) in [4.78, 5) is 44.3. The van der Waals surface area contributed by atoms with Gasteiger partial charge in [0.05, 0.1) is 0 Å². The first-order valence-corrected chi connectivity index (χ1v) is 8.70. The molecule has 0 bridgehead atoms. The SMILES string of the molecule is Cn1c(N)c(C(F)(F)F)c(=O)n(C)c1=O.Cn1c(N)cc(=O)n(C)c1=O.FC(F)(F)I. The van der Waals surface area contributed by atoms with Crippen LogP contribution in [0.2, 0.25) is 0 Å². The van der Waals surface area contributed by atoms with Crippen LogP contribution in [-0.2, 0) is 34.4 Å². The summed E-state index contributed by atoms with van der Waals surface area (Å²) in [6, 6.07) is 1.21. The van der Waals surface area contributed by atoms with Gasteiger partial charge in [-0.05, 0) is 0 Å². The minimum Gasteiger partial charge on any atom is -0.385 e. The van der Waals surface area contributed by atoms with Gasteiger partial charge in [-0.2, -0.15) is 26.3 Å². The van der Waals surface area contributed by atoms with E-state index >= 15 is 0 Å². The molecule has 0 saturated heterocycles. The molecule has 2 aromatic rings. The summed E-state index contributed by atoms with van der Waals surface area (Å²) in [5, 5.41) is 0. The van der Waals surface area contributed by atoms with Crippen LogP contribution >= 0.6 is 22.6 Å². The molecule has 0 aromatic carbocycles. The molecular formula is C14H17F6IN6O4. The second kappa shape index (κ2) is 10.1. The van der Waals surface area contributed by atoms with Crippen molar-refractivity contribution < 1.29 is 26.3 Å². The maximum Gasteiger partial charge on any atom is 0.441 e. The number of nitrogens with zero attached hydrogens (tertiary/aromatic N) is 4. The number of nitrogens with two attached hydrogens (primary N) is 2. The summed E-state index contributed by atoms with van der Waals surface area (Å²) in [6.07, 6.45) is -4.87. The van der Waals surface area contributed by atoms with Gasteiger partial charge in [0.1, 0.15) is 11.6 Å². The van der Waals surface area contributed by atoms with E-state index in [1.165, 1.54) is 24.7 Å². The second-order valence-electron chi connectivity index (χ2n) is 5.70. The molecule has 0 amide bonds. The Morgan fingerprint density at radius 2 is 1.16 bits per heavy atom. The van der Waals surface area contributed by atoms with E-state index in [0.717, 1.165) is 18.7 Å². The smallest absolute Gasteiger partial charge is 0.385 e. The lowest BCUT2D eigenvalue weighted by Crippen LogP contribution is -2.42. The Labute approximate surface area is 182 Å². The van der Waals surface area contributed by atoms with Gasteiger partial charge in [0.15, 0.2) is 5.56 Å². The number of nitrogen functional groups attached to an aromatic ring is 2. The highest BCUT2D eigenvalue weighted by Crippen LogP contribution is 2.29. The fraction of sp³-hybridized carbons (Fsp3) is 0.429. The van der Waals surface area contributed by atoms with Gasteiger partial charge in [0, 0.05) is 56.8 Å². The highest BCUT2D eigenvalue weighted by Gasteiger charge is 2.38. The molecule has 0 aliphatic carbocycles. The number of aromatic nitrogens is 4. The molecule has 176 valence electrons. The molecule has 2 aromatic heterocycles. The van der Waals surface area contributed by atoms with Crippen LogP contribution in [0, 0.1) is 0 Å². The Morgan fingerprint density at radius 3 is 1.55 bits per heavy atom. The monoisotopic (exact) mass is 574 g/mol. The van der Waals surface area contributed by atoms with Crippen molar-refractivity contribution in [2.24, 2.45) is 28.2 Å². The van der Waals surface area contributed by atoms with Crippen LogP contribution in [0.4, 0.5) is 38.0 Å². The van der Waals surface area contributed by atoms with Crippen molar-refractivity contribution in [2.75, 3.05) is 11.5 Å². The van der Waals surface area contributed by atoms with E-state index in [0.29, 0.717) is 31.7 Å². The molecule has 2 rings (SSSR count). The van der Waals surface area contributed by atoms with Crippen LogP contribution in [0.3, 0.4) is 0 Å². The lowest BCUT2D eigenvalue weighted by molar-refractivity contribution is -0.138. The Morgan fingerprint density at radius 1 is 0.774 bits per heavy atom. The van der Waals surface area contributed by atoms with E-state index in [4.69, 9.17) is 11.5 Å². The van der Waals surface area contributed by atoms with E-state index in [1.54, 1.807) is 0 Å². The van der Waals surface area contributed by atoms with Gasteiger partial charge in [0.25, 0.3) is 11.1 Å². The number of rotatable bonds is 0. The third-order valence-corrected chi connectivity index (χ3v) is 3.56. The molecule has 0 atom stereocenters. The quantitative estimate of drug-likeness (QED) is 0.264. The Kier molecular flexibility index (Phi) is 9.17. The van der Waals surface area contributed by atoms with Gasteiger partial charge in [-0.25, -0.2) is 9.59 Å². The van der Waals surface area contributed by atoms with Crippen LogP contribution in [0.1, 0.15) is 5.56 Å². The van der Waals surface area contributed by atoms with Crippen molar-refractivity contribution in [1.82, 2.24) is 18.3 Å². The minimum absolute atomic E-state index is 0.179. The first kappa shape index (κ1) is 28.3. The van der Waals surface area contributed by atoms with E-state index in [9.17, 15) is 45.5 Å². The molecule has 4 N–H and O–H groups in total. The molecule has 10 nitrogen and oxygen atoms in total. The predicted octanol–water partition coefficient (Wildman–Crippen LogP) is 0.292. The Balaban J connectivity index is 0.000000492. The van der Waals surface area contributed by atoms with Crippen LogP contribution in [0.5, 0.6) is 0 Å². The lowest BCUT2D eigenvalue weighted by atomic mass is 10.3. The Bertz CT molecular complexity index is 1170. The number of alkyl halides is 7. The minimum atomic E-state index is -4.87. The maximum absolute atomic E-state index is 12.4. The zero-order valence-electron chi connectivity index (χ0n) is 16.3. The average molecular weight is 574 g/mol. The molecule has 0 unspecified atom stereocenters. The fourth-order valence-corrected chi connectivity index (χ4v) is 1.88. The van der Waals surface area contributed by atoms with Crippen LogP contribution in [0.25, 0.3) is 0 Å². The highest BCUT2D eigenvalue weighted by atomic mass is 127. The fourth-order valence-electron chi connectivity index (χ4n) is 1.88. The van der Waals surface area contributed by atoms with Gasteiger partial charge in [-0.1, -0.05) is 0 Å². The first-order valence-electron chi connectivity index (χ1n) is 7.62. The third kappa shape index (κ3) is 7.79. The number of hydrogen-bond acceptors (Lipinski definition) is 6. The van der Waals surface area contributed by atoms with Crippen molar-refractivity contribution in [1.29, 1.82) is 0 Å². The molecule has 0 spiro atoms. The van der Waals surface area contributed by atoms with Crippen molar-refractivity contribution in [3.8, 4) is 0 Å². The summed E-state index contributed by atoms with van der Waals surface area (Å²) in [6.45, 7) is 0. The predicted molar refractivity (Wildman–Crippen MR) is 108 cm³/mol. The Hall–Kier alpha value is -2.73. The topological polar surface area (TPSA) is 140 Å². The van der Waals surface area contributed by atoms with Gasteiger partial charge < -0.3 is 11.5 Å². The molecule has 0 radical (unpaired) electrons. The number of anilines is 2. The lowest BCUT2D eigenvalue weighted by Gasteiger charge is -2.13. The van der Waals surface area contributed by atoms with Gasteiger partial charge in [0.2, 0.25) is 0 Å². The third-order valence-electron chi connectivity index (χ3n) is 3.56. The molecule has 31 heavy (non-hydrogen) atoms. The van der Waals surface area contributed by atoms with Crippen molar-refractivity contribution in [3.05, 3.63) is 53.3 Å². The van der Waals surface area contributed by atoms with E-state index < -0.39 is 38.7 Å². The average Bonchev–Trinajstić information content (AvgIpc) is 2.59. The highest BCUT2D eigenvalue weighted by molar-refractivity contribution is 14.1. The van der Waals surface area contributed by atoms with E-state index in [-0.39, 0.29) is 11.4 Å². The van der Waals surface area contributed by atoms with Crippen molar-refractivity contribution in [3.63, 3.8) is 0 Å². The molecule has 2 heterocycles.